The van der Waals surface area contributed by atoms with Gasteiger partial charge in [0, 0.05) is 28.0 Å². The zero-order valence-corrected chi connectivity index (χ0v) is 22.9. The lowest BCUT2D eigenvalue weighted by Gasteiger charge is -2.38. The van der Waals surface area contributed by atoms with Gasteiger partial charge in [0.1, 0.15) is 6.54 Å². The Bertz CT molecular complexity index is 1170. The van der Waals surface area contributed by atoms with E-state index in [0.717, 1.165) is 37.7 Å². The molecule has 0 radical (unpaired) electrons. The number of unbranched alkanes of at least 4 members (excludes halogenated alkanes) is 1. The molecule has 1 aromatic heterocycles. The monoisotopic (exact) mass is 522 g/mol. The van der Waals surface area contributed by atoms with Crippen LogP contribution in [-0.4, -0.2) is 40.7 Å². The van der Waals surface area contributed by atoms with Crippen molar-refractivity contribution in [3.05, 3.63) is 92.1 Å². The summed E-state index contributed by atoms with van der Waals surface area (Å²) in [6.07, 6.45) is 4.91. The van der Waals surface area contributed by atoms with Gasteiger partial charge in [-0.1, -0.05) is 56.1 Å². The molecule has 190 valence electrons. The highest BCUT2D eigenvalue weighted by Crippen LogP contribution is 2.38. The molecule has 4 nitrogen and oxygen atoms in total. The molecule has 6 heteroatoms. The lowest BCUT2D eigenvalue weighted by Crippen LogP contribution is -2.49. The SMILES string of the molecule is CCCCc1ccc(C(=O)N(CC(=O)N2CCc3sccc3[C@H]2c2ccc(Cl)cc2)[C@H](C)CC)cc1. The first-order chi connectivity index (χ1) is 17.4. The van der Waals surface area contributed by atoms with Crippen LogP contribution in [0.25, 0.3) is 0 Å². The van der Waals surface area contributed by atoms with Gasteiger partial charge >= 0.3 is 0 Å². The van der Waals surface area contributed by atoms with Crippen LogP contribution < -0.4 is 0 Å². The Balaban J connectivity index is 1.58. The average Bonchev–Trinajstić information content (AvgIpc) is 3.39. The van der Waals surface area contributed by atoms with Crippen LogP contribution in [0.2, 0.25) is 5.02 Å². The first-order valence-electron chi connectivity index (χ1n) is 12.9. The van der Waals surface area contributed by atoms with Gasteiger partial charge < -0.3 is 9.80 Å². The minimum Gasteiger partial charge on any atom is -0.330 e. The first-order valence-corrected chi connectivity index (χ1v) is 14.2. The fourth-order valence-electron chi connectivity index (χ4n) is 4.84. The van der Waals surface area contributed by atoms with E-state index in [-0.39, 0.29) is 30.4 Å². The second-order valence-electron chi connectivity index (χ2n) is 9.58. The predicted molar refractivity (Wildman–Crippen MR) is 149 cm³/mol. The highest BCUT2D eigenvalue weighted by atomic mass is 35.5. The molecule has 0 N–H and O–H groups in total. The largest absolute Gasteiger partial charge is 0.330 e. The lowest BCUT2D eigenvalue weighted by molar-refractivity contribution is -0.134. The van der Waals surface area contributed by atoms with E-state index in [1.807, 2.05) is 60.4 Å². The summed E-state index contributed by atoms with van der Waals surface area (Å²) in [5, 5.41) is 2.77. The number of rotatable bonds is 9. The Kier molecular flexibility index (Phi) is 8.86. The highest BCUT2D eigenvalue weighted by molar-refractivity contribution is 7.10. The molecule has 0 spiro atoms. The molecule has 0 bridgehead atoms. The maximum atomic E-state index is 13.8. The topological polar surface area (TPSA) is 40.6 Å². The molecule has 0 saturated heterocycles. The van der Waals surface area contributed by atoms with Crippen LogP contribution in [0.5, 0.6) is 0 Å². The van der Waals surface area contributed by atoms with E-state index in [1.165, 1.54) is 16.0 Å². The number of benzene rings is 2. The molecular formula is C30H35ClN2O2S. The van der Waals surface area contributed by atoms with E-state index in [9.17, 15) is 9.59 Å². The Morgan fingerprint density at radius 1 is 1.08 bits per heavy atom. The molecule has 36 heavy (non-hydrogen) atoms. The van der Waals surface area contributed by atoms with Gasteiger partial charge in [0.2, 0.25) is 5.91 Å². The van der Waals surface area contributed by atoms with Crippen molar-refractivity contribution in [3.63, 3.8) is 0 Å². The summed E-state index contributed by atoms with van der Waals surface area (Å²) in [5.74, 6) is -0.115. The normalized spacial score (nSPS) is 15.9. The Morgan fingerprint density at radius 2 is 1.81 bits per heavy atom. The smallest absolute Gasteiger partial charge is 0.254 e. The molecule has 3 aromatic rings. The molecule has 0 fully saturated rings. The summed E-state index contributed by atoms with van der Waals surface area (Å²) in [6.45, 7) is 6.95. The number of aryl methyl sites for hydroxylation is 1. The number of fused-ring (bicyclic) bond motifs is 1. The fraction of sp³-hybridized carbons (Fsp3) is 0.400. The third-order valence-electron chi connectivity index (χ3n) is 7.18. The van der Waals surface area contributed by atoms with E-state index >= 15 is 0 Å². The maximum Gasteiger partial charge on any atom is 0.254 e. The van der Waals surface area contributed by atoms with Gasteiger partial charge in [0.25, 0.3) is 5.91 Å². The maximum absolute atomic E-state index is 13.8. The van der Waals surface area contributed by atoms with Crippen LogP contribution in [0.4, 0.5) is 0 Å². The molecule has 1 aliphatic heterocycles. The van der Waals surface area contributed by atoms with Crippen LogP contribution in [0.3, 0.4) is 0 Å². The van der Waals surface area contributed by atoms with Crippen LogP contribution >= 0.6 is 22.9 Å². The Hall–Kier alpha value is -2.63. The van der Waals surface area contributed by atoms with E-state index in [4.69, 9.17) is 11.6 Å². The summed E-state index contributed by atoms with van der Waals surface area (Å²) < 4.78 is 0. The van der Waals surface area contributed by atoms with Crippen LogP contribution in [0, 0.1) is 0 Å². The third kappa shape index (κ3) is 5.84. The summed E-state index contributed by atoms with van der Waals surface area (Å²) in [4.78, 5) is 32.4. The number of halogens is 1. The summed E-state index contributed by atoms with van der Waals surface area (Å²) in [7, 11) is 0. The standard InChI is InChI=1S/C30H35ClN2O2S/c1-4-6-7-22-8-10-24(11-9-22)30(35)33(21(3)5-2)20-28(34)32-18-16-27-26(17-19-36-27)29(32)23-12-14-25(31)15-13-23/h8-15,17,19,21,29H,4-7,16,18,20H2,1-3H3/t21-,29-/m1/s1. The Labute approximate surface area is 223 Å². The van der Waals surface area contributed by atoms with Crippen LogP contribution in [0.15, 0.2) is 60.0 Å². The number of nitrogens with zero attached hydrogens (tertiary/aromatic N) is 2. The van der Waals surface area contributed by atoms with Crippen LogP contribution in [0.1, 0.15) is 78.0 Å². The molecule has 1 aliphatic rings. The van der Waals surface area contributed by atoms with Crippen molar-refractivity contribution < 1.29 is 9.59 Å². The molecule has 4 rings (SSSR count). The zero-order chi connectivity index (χ0) is 25.7. The van der Waals surface area contributed by atoms with Crippen molar-refractivity contribution >= 4 is 34.8 Å². The number of carbonyl (C=O) groups is 2. The van der Waals surface area contributed by atoms with Crippen molar-refractivity contribution in [1.29, 1.82) is 0 Å². The van der Waals surface area contributed by atoms with Gasteiger partial charge in [-0.3, -0.25) is 9.59 Å². The van der Waals surface area contributed by atoms with Gasteiger partial charge in [-0.05, 0) is 85.0 Å². The number of amides is 2. The van der Waals surface area contributed by atoms with E-state index < -0.39 is 0 Å². The molecule has 0 aliphatic carbocycles. The molecule has 2 atom stereocenters. The predicted octanol–water partition coefficient (Wildman–Crippen LogP) is 7.16. The lowest BCUT2D eigenvalue weighted by atomic mass is 9.93. The zero-order valence-electron chi connectivity index (χ0n) is 21.4. The van der Waals surface area contributed by atoms with E-state index in [0.29, 0.717) is 17.1 Å². The second-order valence-corrected chi connectivity index (χ2v) is 11.0. The van der Waals surface area contributed by atoms with Crippen molar-refractivity contribution in [2.45, 2.75) is 65.0 Å². The van der Waals surface area contributed by atoms with Gasteiger partial charge in [0.05, 0.1) is 6.04 Å². The molecule has 0 unspecified atom stereocenters. The second kappa shape index (κ2) is 12.1. The van der Waals surface area contributed by atoms with Gasteiger partial charge in [-0.15, -0.1) is 11.3 Å². The molecule has 2 aromatic carbocycles. The van der Waals surface area contributed by atoms with Crippen LogP contribution in [-0.2, 0) is 17.6 Å². The fourth-order valence-corrected chi connectivity index (χ4v) is 5.86. The number of thiophene rings is 1. The van der Waals surface area contributed by atoms with Crippen molar-refractivity contribution in [3.8, 4) is 0 Å². The summed E-state index contributed by atoms with van der Waals surface area (Å²) in [5.41, 5.74) is 4.09. The number of carbonyl (C=O) groups excluding carboxylic acids is 2. The van der Waals surface area contributed by atoms with Gasteiger partial charge in [-0.2, -0.15) is 0 Å². The van der Waals surface area contributed by atoms with E-state index in [2.05, 4.69) is 25.3 Å². The summed E-state index contributed by atoms with van der Waals surface area (Å²) >= 11 is 7.90. The number of hydrogen-bond donors (Lipinski definition) is 0. The molecular weight excluding hydrogens is 488 g/mol. The molecule has 2 heterocycles. The van der Waals surface area contributed by atoms with Crippen molar-refractivity contribution in [2.24, 2.45) is 0 Å². The van der Waals surface area contributed by atoms with Crippen molar-refractivity contribution in [1.82, 2.24) is 9.80 Å². The minimum absolute atomic E-state index is 0.0278. The average molecular weight is 523 g/mol. The highest BCUT2D eigenvalue weighted by Gasteiger charge is 2.34. The van der Waals surface area contributed by atoms with E-state index in [1.54, 1.807) is 16.2 Å². The number of hydrogen-bond acceptors (Lipinski definition) is 3. The first kappa shape index (κ1) is 26.4. The van der Waals surface area contributed by atoms with Gasteiger partial charge in [-0.25, -0.2) is 0 Å². The minimum atomic E-state index is -0.170. The molecule has 2 amide bonds. The third-order valence-corrected chi connectivity index (χ3v) is 8.43. The van der Waals surface area contributed by atoms with Gasteiger partial charge in [0.15, 0.2) is 0 Å². The molecule has 0 saturated carbocycles. The summed E-state index contributed by atoms with van der Waals surface area (Å²) in [6, 6.07) is 17.5. The quantitative estimate of drug-likeness (QED) is 0.299. The van der Waals surface area contributed by atoms with Crippen molar-refractivity contribution in [2.75, 3.05) is 13.1 Å². The Morgan fingerprint density at radius 3 is 2.47 bits per heavy atom.